The molecule has 1 aliphatic heterocycles. The predicted octanol–water partition coefficient (Wildman–Crippen LogP) is 0.707. The number of nitrogens with zero attached hydrogens (tertiary/aromatic N) is 1. The van der Waals surface area contributed by atoms with Crippen LogP contribution in [0.1, 0.15) is 11.7 Å². The monoisotopic (exact) mass is 191 g/mol. The van der Waals surface area contributed by atoms with E-state index in [0.717, 1.165) is 6.54 Å². The first-order valence-electron chi connectivity index (χ1n) is 4.62. The first kappa shape index (κ1) is 9.18. The van der Waals surface area contributed by atoms with Gasteiger partial charge >= 0.3 is 0 Å². The highest BCUT2D eigenvalue weighted by atomic mass is 16.4. The molecule has 0 radical (unpaired) electrons. The van der Waals surface area contributed by atoms with Crippen LogP contribution in [-0.4, -0.2) is 24.0 Å². The van der Waals surface area contributed by atoms with Gasteiger partial charge in [-0.2, -0.15) is 0 Å². The maximum Gasteiger partial charge on any atom is 0.0841 e. The Balaban J connectivity index is 2.02. The normalized spacial score (nSPS) is 27.1. The van der Waals surface area contributed by atoms with Crippen molar-refractivity contribution in [3.8, 4) is 0 Å². The highest BCUT2D eigenvalue weighted by molar-refractivity contribution is 5.64. The summed E-state index contributed by atoms with van der Waals surface area (Å²) in [4.78, 5) is 0. The van der Waals surface area contributed by atoms with Gasteiger partial charge in [0.05, 0.1) is 18.4 Å². The average Bonchev–Trinajstić information content (AvgIpc) is 2.68. The second-order valence-electron chi connectivity index (χ2n) is 3.29. The standard InChI is InChI=1S/C10H13N3O/c14-12-7-9-6-11-10(13-9)8-4-2-1-3-5-8/h1-5,7,9-11,13-14H,6H2. The molecule has 1 aromatic rings. The molecule has 2 unspecified atom stereocenters. The summed E-state index contributed by atoms with van der Waals surface area (Å²) in [5.74, 6) is 0. The number of hydrogen-bond donors (Lipinski definition) is 3. The largest absolute Gasteiger partial charge is 0.411 e. The molecule has 0 aliphatic carbocycles. The summed E-state index contributed by atoms with van der Waals surface area (Å²) in [6.45, 7) is 0.781. The van der Waals surface area contributed by atoms with E-state index in [-0.39, 0.29) is 12.2 Å². The smallest absolute Gasteiger partial charge is 0.0841 e. The highest BCUT2D eigenvalue weighted by Gasteiger charge is 2.22. The Morgan fingerprint density at radius 1 is 1.36 bits per heavy atom. The lowest BCUT2D eigenvalue weighted by molar-refractivity contribution is 0.319. The van der Waals surface area contributed by atoms with Gasteiger partial charge in [0.2, 0.25) is 0 Å². The van der Waals surface area contributed by atoms with E-state index in [0.29, 0.717) is 0 Å². The van der Waals surface area contributed by atoms with Crippen LogP contribution in [0.4, 0.5) is 0 Å². The van der Waals surface area contributed by atoms with Crippen LogP contribution >= 0.6 is 0 Å². The maximum atomic E-state index is 8.39. The van der Waals surface area contributed by atoms with Gasteiger partial charge in [0.15, 0.2) is 0 Å². The van der Waals surface area contributed by atoms with Gasteiger partial charge in [0.25, 0.3) is 0 Å². The zero-order valence-electron chi connectivity index (χ0n) is 7.72. The Morgan fingerprint density at radius 2 is 2.14 bits per heavy atom. The number of rotatable bonds is 2. The molecule has 0 spiro atoms. The van der Waals surface area contributed by atoms with Gasteiger partial charge in [0.1, 0.15) is 0 Å². The summed E-state index contributed by atoms with van der Waals surface area (Å²) >= 11 is 0. The Kier molecular flexibility index (Phi) is 2.76. The van der Waals surface area contributed by atoms with Gasteiger partial charge in [-0.3, -0.25) is 10.6 Å². The Labute approximate surface area is 82.6 Å². The zero-order chi connectivity index (χ0) is 9.80. The first-order chi connectivity index (χ1) is 6.90. The molecule has 4 heteroatoms. The molecule has 14 heavy (non-hydrogen) atoms. The second kappa shape index (κ2) is 4.21. The fourth-order valence-electron chi connectivity index (χ4n) is 1.61. The molecule has 74 valence electrons. The second-order valence-corrected chi connectivity index (χ2v) is 3.29. The summed E-state index contributed by atoms with van der Waals surface area (Å²) in [5.41, 5.74) is 1.20. The van der Waals surface area contributed by atoms with Crippen molar-refractivity contribution in [2.24, 2.45) is 5.16 Å². The summed E-state index contributed by atoms with van der Waals surface area (Å²) in [6.07, 6.45) is 1.65. The lowest BCUT2D eigenvalue weighted by atomic mass is 10.2. The fraction of sp³-hybridized carbons (Fsp3) is 0.300. The molecule has 0 bridgehead atoms. The van der Waals surface area contributed by atoms with Crippen molar-refractivity contribution in [1.82, 2.24) is 10.6 Å². The quantitative estimate of drug-likeness (QED) is 0.366. The third kappa shape index (κ3) is 1.92. The number of oxime groups is 1. The number of hydrogen-bond acceptors (Lipinski definition) is 4. The summed E-state index contributed by atoms with van der Waals surface area (Å²) < 4.78 is 0. The number of nitrogens with one attached hydrogen (secondary N) is 2. The van der Waals surface area contributed by atoms with Gasteiger partial charge in [0, 0.05) is 6.54 Å². The molecule has 1 saturated heterocycles. The summed E-state index contributed by atoms with van der Waals surface area (Å²) in [6, 6.07) is 10.2. The zero-order valence-corrected chi connectivity index (χ0v) is 7.72. The molecule has 1 heterocycles. The molecule has 0 saturated carbocycles. The first-order valence-corrected chi connectivity index (χ1v) is 4.62. The van der Waals surface area contributed by atoms with Crippen LogP contribution in [0, 0.1) is 0 Å². The van der Waals surface area contributed by atoms with Crippen molar-refractivity contribution in [3.63, 3.8) is 0 Å². The summed E-state index contributed by atoms with van der Waals surface area (Å²) in [5, 5.41) is 18.0. The van der Waals surface area contributed by atoms with E-state index in [1.54, 1.807) is 0 Å². The third-order valence-electron chi connectivity index (χ3n) is 2.30. The molecule has 2 atom stereocenters. The van der Waals surface area contributed by atoms with Crippen molar-refractivity contribution < 1.29 is 5.21 Å². The lowest BCUT2D eigenvalue weighted by Crippen LogP contribution is -2.27. The van der Waals surface area contributed by atoms with Crippen LogP contribution in [0.2, 0.25) is 0 Å². The van der Waals surface area contributed by atoms with Gasteiger partial charge in [-0.15, -0.1) is 5.16 Å². The Hall–Kier alpha value is -1.39. The average molecular weight is 191 g/mol. The molecule has 1 aromatic carbocycles. The van der Waals surface area contributed by atoms with Crippen LogP contribution in [0.5, 0.6) is 0 Å². The van der Waals surface area contributed by atoms with E-state index in [4.69, 9.17) is 5.21 Å². The molecular weight excluding hydrogens is 178 g/mol. The minimum absolute atomic E-state index is 0.102. The van der Waals surface area contributed by atoms with Gasteiger partial charge in [-0.25, -0.2) is 0 Å². The van der Waals surface area contributed by atoms with Crippen molar-refractivity contribution in [2.45, 2.75) is 12.2 Å². The summed E-state index contributed by atoms with van der Waals surface area (Å²) in [7, 11) is 0. The van der Waals surface area contributed by atoms with Crippen molar-refractivity contribution >= 4 is 6.21 Å². The molecular formula is C10H13N3O. The van der Waals surface area contributed by atoms with Crippen LogP contribution in [0.25, 0.3) is 0 Å². The molecule has 4 nitrogen and oxygen atoms in total. The minimum Gasteiger partial charge on any atom is -0.411 e. The van der Waals surface area contributed by atoms with Gasteiger partial charge in [-0.05, 0) is 5.56 Å². The number of benzene rings is 1. The SMILES string of the molecule is ON=CC1CNC(c2ccccc2)N1. The molecule has 0 aromatic heterocycles. The maximum absolute atomic E-state index is 8.39. The van der Waals surface area contributed by atoms with Crippen LogP contribution < -0.4 is 10.6 Å². The fourth-order valence-corrected chi connectivity index (χ4v) is 1.61. The van der Waals surface area contributed by atoms with Crippen LogP contribution in [0.3, 0.4) is 0 Å². The lowest BCUT2D eigenvalue weighted by Gasteiger charge is -2.11. The van der Waals surface area contributed by atoms with Crippen molar-refractivity contribution in [2.75, 3.05) is 6.54 Å². The molecule has 1 fully saturated rings. The van der Waals surface area contributed by atoms with Crippen LogP contribution in [-0.2, 0) is 0 Å². The predicted molar refractivity (Wildman–Crippen MR) is 54.4 cm³/mol. The van der Waals surface area contributed by atoms with E-state index in [9.17, 15) is 0 Å². The molecule has 3 N–H and O–H groups in total. The molecule has 2 rings (SSSR count). The molecule has 1 aliphatic rings. The topological polar surface area (TPSA) is 56.7 Å². The highest BCUT2D eigenvalue weighted by Crippen LogP contribution is 2.13. The third-order valence-corrected chi connectivity index (χ3v) is 2.30. The Bertz CT molecular complexity index is 312. The molecule has 0 amide bonds. The van der Waals surface area contributed by atoms with Crippen molar-refractivity contribution in [1.29, 1.82) is 0 Å². The van der Waals surface area contributed by atoms with E-state index in [2.05, 4.69) is 27.9 Å². The van der Waals surface area contributed by atoms with Gasteiger partial charge < -0.3 is 5.21 Å². The van der Waals surface area contributed by atoms with Gasteiger partial charge in [-0.1, -0.05) is 30.3 Å². The van der Waals surface area contributed by atoms with E-state index < -0.39 is 0 Å². The van der Waals surface area contributed by atoms with Crippen molar-refractivity contribution in [3.05, 3.63) is 35.9 Å². The van der Waals surface area contributed by atoms with E-state index in [1.807, 2.05) is 18.2 Å². The van der Waals surface area contributed by atoms with Crippen LogP contribution in [0.15, 0.2) is 35.5 Å². The van der Waals surface area contributed by atoms with E-state index >= 15 is 0 Å². The minimum atomic E-state index is 0.102. The Morgan fingerprint density at radius 3 is 2.86 bits per heavy atom. The van der Waals surface area contributed by atoms with E-state index in [1.165, 1.54) is 11.8 Å².